The first-order chi connectivity index (χ1) is 26.6. The molecule has 3 aromatic rings. The molecule has 1 atom stereocenters. The number of piperazine rings is 1. The van der Waals surface area contributed by atoms with Crippen LogP contribution in [0.15, 0.2) is 48.8 Å². The van der Waals surface area contributed by atoms with Crippen molar-refractivity contribution in [1.29, 1.82) is 0 Å². The average molecular weight is 773 g/mol. The van der Waals surface area contributed by atoms with Crippen molar-refractivity contribution in [3.8, 4) is 0 Å². The third-order valence-corrected chi connectivity index (χ3v) is 11.6. The summed E-state index contributed by atoms with van der Waals surface area (Å²) in [4.78, 5) is 76.8. The first-order valence-corrected chi connectivity index (χ1v) is 18.4. The summed E-state index contributed by atoms with van der Waals surface area (Å²) in [5, 5.41) is 9.17. The zero-order chi connectivity index (χ0) is 39.7. The molecular formula is C38H39F3N10O5. The third-order valence-electron chi connectivity index (χ3n) is 11.6. The second-order valence-corrected chi connectivity index (χ2v) is 15.4. The molecule has 292 valence electrons. The summed E-state index contributed by atoms with van der Waals surface area (Å²) in [6.45, 7) is 17.1. The van der Waals surface area contributed by atoms with Gasteiger partial charge in [0, 0.05) is 88.4 Å². The molecule has 1 aromatic heterocycles. The van der Waals surface area contributed by atoms with Gasteiger partial charge in [0.1, 0.15) is 11.6 Å². The van der Waals surface area contributed by atoms with Gasteiger partial charge in [-0.25, -0.2) is 4.85 Å². The maximum Gasteiger partial charge on any atom is 0.407 e. The number of nitrogens with one attached hydrogen (secondary N) is 2. The fraction of sp³-hybridized carbons (Fsp3) is 0.447. The number of hydrogen-bond donors (Lipinski definition) is 2. The Hall–Kier alpha value is -5.80. The number of halogens is 3. The number of fused-ring (bicyclic) bond motifs is 1. The Labute approximate surface area is 319 Å². The number of hydrogen-bond acceptors (Lipinski definition) is 10. The van der Waals surface area contributed by atoms with Crippen molar-refractivity contribution in [1.82, 2.24) is 29.8 Å². The molecule has 15 nitrogen and oxygen atoms in total. The first-order valence-electron chi connectivity index (χ1n) is 18.4. The van der Waals surface area contributed by atoms with Crippen LogP contribution in [0.4, 0.5) is 35.9 Å². The van der Waals surface area contributed by atoms with Crippen LogP contribution in [0, 0.1) is 6.57 Å². The van der Waals surface area contributed by atoms with Gasteiger partial charge < -0.3 is 15.1 Å². The molecule has 1 unspecified atom stereocenters. The Morgan fingerprint density at radius 2 is 1.50 bits per heavy atom. The lowest BCUT2D eigenvalue weighted by molar-refractivity contribution is -0.137. The molecule has 8 rings (SSSR count). The Morgan fingerprint density at radius 1 is 0.875 bits per heavy atom. The molecule has 2 aromatic carbocycles. The number of imide groups is 2. The lowest BCUT2D eigenvalue weighted by Crippen LogP contribution is -2.67. The molecule has 0 aliphatic carbocycles. The number of benzene rings is 2. The van der Waals surface area contributed by atoms with Crippen molar-refractivity contribution in [3.05, 3.63) is 76.9 Å². The standard InChI is InChI=1S/C38H39F3N10O5/c1-37(2,36(56)44-22-4-7-30(42-3)29(14-22)38(39,40)41)50-21-24(16-43-50)49-19-26(20-49)47-12-10-46(11-13-47)25-17-48(18-25)23-5-6-27-28(15-23)35(55)51(34(27)54)31-8-9-32(52)45-33(31)53/h4-7,14-16,21,25-26,31H,8-13,17-20H2,1-2H3,(H,44,56)(H,45,52,53). The molecule has 0 bridgehead atoms. The van der Waals surface area contributed by atoms with E-state index in [2.05, 4.69) is 40.2 Å². The van der Waals surface area contributed by atoms with Crippen LogP contribution in [0.25, 0.3) is 4.85 Å². The summed E-state index contributed by atoms with van der Waals surface area (Å²) in [7, 11) is 0. The highest BCUT2D eigenvalue weighted by Gasteiger charge is 2.46. The van der Waals surface area contributed by atoms with Crippen LogP contribution in [-0.2, 0) is 26.1 Å². The normalized spacial score (nSPS) is 21.4. The van der Waals surface area contributed by atoms with Gasteiger partial charge in [0.15, 0.2) is 5.69 Å². The molecule has 56 heavy (non-hydrogen) atoms. The molecule has 18 heteroatoms. The fourth-order valence-corrected chi connectivity index (χ4v) is 8.03. The second-order valence-electron chi connectivity index (χ2n) is 15.4. The first kappa shape index (κ1) is 37.1. The molecule has 0 spiro atoms. The number of anilines is 3. The van der Waals surface area contributed by atoms with Gasteiger partial charge in [-0.3, -0.25) is 48.7 Å². The van der Waals surface area contributed by atoms with Crippen LogP contribution >= 0.6 is 0 Å². The number of carbonyl (C=O) groups excluding carboxylic acids is 5. The molecule has 5 aliphatic rings. The highest BCUT2D eigenvalue weighted by Crippen LogP contribution is 2.39. The lowest BCUT2D eigenvalue weighted by atomic mass is 10.0. The number of rotatable bonds is 8. The Kier molecular flexibility index (Phi) is 9.11. The van der Waals surface area contributed by atoms with E-state index < -0.39 is 58.5 Å². The minimum Gasteiger partial charge on any atom is -0.368 e. The van der Waals surface area contributed by atoms with Gasteiger partial charge in [-0.2, -0.15) is 18.3 Å². The molecule has 4 fully saturated rings. The monoisotopic (exact) mass is 772 g/mol. The van der Waals surface area contributed by atoms with Crippen molar-refractivity contribution < 1.29 is 37.1 Å². The number of aromatic nitrogens is 2. The summed E-state index contributed by atoms with van der Waals surface area (Å²) < 4.78 is 41.8. The summed E-state index contributed by atoms with van der Waals surface area (Å²) in [5.41, 5.74) is -0.698. The van der Waals surface area contributed by atoms with Crippen LogP contribution in [0.2, 0.25) is 0 Å². The quantitative estimate of drug-likeness (QED) is 0.259. The third kappa shape index (κ3) is 6.53. The van der Waals surface area contributed by atoms with Crippen LogP contribution in [0.5, 0.6) is 0 Å². The SMILES string of the molecule is [C-]#[N+]c1ccc(NC(=O)C(C)(C)n2cc(N3CC(N4CCN(C5CN(c6ccc7c(c6)C(=O)N(C6CCC(=O)NC6=O)C7=O)C5)CC4)C3)cn2)cc1C(F)(F)F. The highest BCUT2D eigenvalue weighted by molar-refractivity contribution is 6.23. The summed E-state index contributed by atoms with van der Waals surface area (Å²) >= 11 is 0. The van der Waals surface area contributed by atoms with E-state index in [1.165, 1.54) is 10.7 Å². The van der Waals surface area contributed by atoms with Gasteiger partial charge in [0.2, 0.25) is 11.8 Å². The summed E-state index contributed by atoms with van der Waals surface area (Å²) in [6, 6.07) is 8.02. The van der Waals surface area contributed by atoms with E-state index in [9.17, 15) is 37.1 Å². The van der Waals surface area contributed by atoms with Crippen LogP contribution in [-0.4, -0.2) is 124 Å². The Bertz CT molecular complexity index is 2180. The van der Waals surface area contributed by atoms with E-state index >= 15 is 0 Å². The highest BCUT2D eigenvalue weighted by atomic mass is 19.4. The number of alkyl halides is 3. The smallest absolute Gasteiger partial charge is 0.368 e. The van der Waals surface area contributed by atoms with Gasteiger partial charge in [0.05, 0.1) is 35.1 Å². The molecule has 6 heterocycles. The zero-order valence-electron chi connectivity index (χ0n) is 30.7. The number of amides is 5. The molecule has 2 N–H and O–H groups in total. The minimum absolute atomic E-state index is 0.0624. The van der Waals surface area contributed by atoms with E-state index in [4.69, 9.17) is 6.57 Å². The van der Waals surface area contributed by atoms with E-state index in [0.717, 1.165) is 80.8 Å². The molecule has 4 saturated heterocycles. The van der Waals surface area contributed by atoms with E-state index in [1.54, 1.807) is 38.4 Å². The number of carbonyl (C=O) groups is 5. The van der Waals surface area contributed by atoms with Crippen LogP contribution < -0.4 is 20.4 Å². The predicted molar refractivity (Wildman–Crippen MR) is 196 cm³/mol. The predicted octanol–water partition coefficient (Wildman–Crippen LogP) is 2.92. The Balaban J connectivity index is 0.798. The lowest BCUT2D eigenvalue weighted by Gasteiger charge is -2.52. The van der Waals surface area contributed by atoms with Crippen molar-refractivity contribution in [2.24, 2.45) is 0 Å². The van der Waals surface area contributed by atoms with Crippen LogP contribution in [0.3, 0.4) is 0 Å². The van der Waals surface area contributed by atoms with E-state index in [1.807, 2.05) is 6.07 Å². The van der Waals surface area contributed by atoms with Gasteiger partial charge in [-0.15, -0.1) is 0 Å². The van der Waals surface area contributed by atoms with Gasteiger partial charge >= 0.3 is 6.18 Å². The molecular weight excluding hydrogens is 733 g/mol. The molecule has 5 aliphatic heterocycles. The molecule has 0 saturated carbocycles. The van der Waals surface area contributed by atoms with Crippen molar-refractivity contribution >= 4 is 52.3 Å². The summed E-state index contributed by atoms with van der Waals surface area (Å²) in [6.07, 6.45) is -1.10. The van der Waals surface area contributed by atoms with Crippen molar-refractivity contribution in [2.75, 3.05) is 67.5 Å². The average Bonchev–Trinajstić information content (AvgIpc) is 3.70. The fourth-order valence-electron chi connectivity index (χ4n) is 8.03. The zero-order valence-corrected chi connectivity index (χ0v) is 30.7. The maximum absolute atomic E-state index is 13.4. The van der Waals surface area contributed by atoms with E-state index in [0.29, 0.717) is 12.1 Å². The van der Waals surface area contributed by atoms with Gasteiger partial charge in [-0.1, -0.05) is 6.07 Å². The van der Waals surface area contributed by atoms with Crippen molar-refractivity contribution in [2.45, 2.75) is 56.5 Å². The van der Waals surface area contributed by atoms with E-state index in [-0.39, 0.29) is 29.7 Å². The molecule has 5 amide bonds. The molecule has 0 radical (unpaired) electrons. The maximum atomic E-state index is 13.4. The second kappa shape index (κ2) is 13.7. The van der Waals surface area contributed by atoms with Gasteiger partial charge in [-0.05, 0) is 50.6 Å². The van der Waals surface area contributed by atoms with Crippen molar-refractivity contribution in [3.63, 3.8) is 0 Å². The largest absolute Gasteiger partial charge is 0.407 e. The summed E-state index contributed by atoms with van der Waals surface area (Å²) in [5.74, 6) is -2.63. The number of piperidine rings is 1. The topological polar surface area (TPSA) is 148 Å². The van der Waals surface area contributed by atoms with Crippen LogP contribution in [0.1, 0.15) is 53.0 Å². The Morgan fingerprint density at radius 3 is 2.11 bits per heavy atom. The minimum atomic E-state index is -4.73. The number of nitrogens with zero attached hydrogens (tertiary/aromatic N) is 8. The van der Waals surface area contributed by atoms with Gasteiger partial charge in [0.25, 0.3) is 17.7 Å².